The Hall–Kier alpha value is -0.570. The monoisotopic (exact) mass is 212 g/mol. The third kappa shape index (κ3) is 4.20. The second-order valence-corrected chi connectivity index (χ2v) is 4.55. The van der Waals surface area contributed by atoms with Crippen molar-refractivity contribution < 1.29 is 4.79 Å². The van der Waals surface area contributed by atoms with Gasteiger partial charge in [0, 0.05) is 25.6 Å². The molecule has 88 valence electrons. The highest BCUT2D eigenvalue weighted by Gasteiger charge is 2.19. The second kappa shape index (κ2) is 6.83. The minimum atomic E-state index is 0.120. The van der Waals surface area contributed by atoms with Crippen LogP contribution < -0.4 is 5.32 Å². The van der Waals surface area contributed by atoms with Crippen molar-refractivity contribution >= 4 is 5.91 Å². The number of hydrogen-bond acceptors (Lipinski definition) is 2. The van der Waals surface area contributed by atoms with E-state index in [1.807, 2.05) is 14.0 Å². The molecule has 1 unspecified atom stereocenters. The smallest absolute Gasteiger partial charge is 0.226 e. The maximum atomic E-state index is 12.0. The van der Waals surface area contributed by atoms with Gasteiger partial charge in [0.2, 0.25) is 5.91 Å². The van der Waals surface area contributed by atoms with E-state index in [1.165, 1.54) is 32.1 Å². The molecular weight excluding hydrogens is 188 g/mol. The van der Waals surface area contributed by atoms with E-state index < -0.39 is 0 Å². The first-order chi connectivity index (χ1) is 7.25. The molecule has 1 fully saturated rings. The normalized spacial score (nSPS) is 20.5. The number of nitrogens with one attached hydrogen (secondary N) is 1. The summed E-state index contributed by atoms with van der Waals surface area (Å²) < 4.78 is 0. The summed E-state index contributed by atoms with van der Waals surface area (Å²) in [5, 5.41) is 3.07. The summed E-state index contributed by atoms with van der Waals surface area (Å²) >= 11 is 0. The molecule has 1 atom stereocenters. The zero-order valence-corrected chi connectivity index (χ0v) is 10.1. The van der Waals surface area contributed by atoms with Crippen LogP contribution in [0.15, 0.2) is 0 Å². The predicted octanol–water partition coefficient (Wildman–Crippen LogP) is 1.63. The molecule has 0 aromatic heterocycles. The minimum absolute atomic E-state index is 0.120. The van der Waals surface area contributed by atoms with Gasteiger partial charge in [-0.15, -0.1) is 0 Å². The molecule has 0 radical (unpaired) electrons. The molecule has 0 aromatic rings. The van der Waals surface area contributed by atoms with Crippen LogP contribution in [-0.4, -0.2) is 37.5 Å². The van der Waals surface area contributed by atoms with E-state index in [9.17, 15) is 4.79 Å². The molecule has 1 amide bonds. The number of carbonyl (C=O) groups excluding carboxylic acids is 1. The molecule has 0 aromatic carbocycles. The van der Waals surface area contributed by atoms with E-state index >= 15 is 0 Å². The van der Waals surface area contributed by atoms with E-state index in [1.54, 1.807) is 0 Å². The summed E-state index contributed by atoms with van der Waals surface area (Å²) in [6.45, 7) is 4.73. The number of amides is 1. The molecule has 1 heterocycles. The van der Waals surface area contributed by atoms with Crippen molar-refractivity contribution in [2.75, 3.05) is 26.7 Å². The fourth-order valence-corrected chi connectivity index (χ4v) is 2.17. The first-order valence-electron chi connectivity index (χ1n) is 6.19. The predicted molar refractivity (Wildman–Crippen MR) is 62.8 cm³/mol. The van der Waals surface area contributed by atoms with Crippen LogP contribution in [0, 0.1) is 5.92 Å². The third-order valence-electron chi connectivity index (χ3n) is 3.10. The van der Waals surface area contributed by atoms with E-state index in [4.69, 9.17) is 0 Å². The van der Waals surface area contributed by atoms with Crippen molar-refractivity contribution in [3.05, 3.63) is 0 Å². The van der Waals surface area contributed by atoms with Crippen molar-refractivity contribution in [3.8, 4) is 0 Å². The molecule has 0 bridgehead atoms. The molecule has 3 nitrogen and oxygen atoms in total. The number of hydrogen-bond donors (Lipinski definition) is 1. The van der Waals surface area contributed by atoms with Crippen molar-refractivity contribution in [1.82, 2.24) is 10.2 Å². The molecule has 0 spiro atoms. The Morgan fingerprint density at radius 2 is 1.73 bits per heavy atom. The van der Waals surface area contributed by atoms with E-state index in [0.717, 1.165) is 19.6 Å². The van der Waals surface area contributed by atoms with Crippen molar-refractivity contribution in [1.29, 1.82) is 0 Å². The Kier molecular flexibility index (Phi) is 5.69. The first-order valence-corrected chi connectivity index (χ1v) is 6.19. The van der Waals surface area contributed by atoms with E-state index in [2.05, 4.69) is 10.2 Å². The Balaban J connectivity index is 2.40. The lowest BCUT2D eigenvalue weighted by atomic mass is 10.1. The van der Waals surface area contributed by atoms with Crippen LogP contribution in [0.3, 0.4) is 0 Å². The summed E-state index contributed by atoms with van der Waals surface area (Å²) in [6.07, 6.45) is 6.26. The Labute approximate surface area is 93.2 Å². The Bertz CT molecular complexity index is 186. The van der Waals surface area contributed by atoms with Crippen LogP contribution in [0.4, 0.5) is 0 Å². The second-order valence-electron chi connectivity index (χ2n) is 4.55. The van der Waals surface area contributed by atoms with Gasteiger partial charge >= 0.3 is 0 Å². The van der Waals surface area contributed by atoms with E-state index in [-0.39, 0.29) is 5.92 Å². The van der Waals surface area contributed by atoms with Gasteiger partial charge in [0.15, 0.2) is 0 Å². The fourth-order valence-electron chi connectivity index (χ4n) is 2.17. The standard InChI is InChI=1S/C12H24N2O/c1-11(10-13-2)12(15)14-8-6-4-3-5-7-9-14/h11,13H,3-10H2,1-2H3. The van der Waals surface area contributed by atoms with Crippen LogP contribution >= 0.6 is 0 Å². The first kappa shape index (κ1) is 12.5. The number of carbonyl (C=O) groups is 1. The molecular formula is C12H24N2O. The molecule has 0 aliphatic carbocycles. The van der Waals surface area contributed by atoms with Crippen molar-refractivity contribution in [3.63, 3.8) is 0 Å². The summed E-state index contributed by atoms with van der Waals surface area (Å²) in [5.74, 6) is 0.445. The molecule has 0 saturated carbocycles. The maximum absolute atomic E-state index is 12.0. The van der Waals surface area contributed by atoms with E-state index in [0.29, 0.717) is 5.91 Å². The Morgan fingerprint density at radius 3 is 2.27 bits per heavy atom. The van der Waals surface area contributed by atoms with Gasteiger partial charge in [-0.2, -0.15) is 0 Å². The highest BCUT2D eigenvalue weighted by Crippen LogP contribution is 2.12. The van der Waals surface area contributed by atoms with Crippen molar-refractivity contribution in [2.24, 2.45) is 5.92 Å². The van der Waals surface area contributed by atoms with Crippen LogP contribution in [0.2, 0.25) is 0 Å². The molecule has 15 heavy (non-hydrogen) atoms. The average molecular weight is 212 g/mol. The lowest BCUT2D eigenvalue weighted by Gasteiger charge is -2.27. The molecule has 1 rings (SSSR count). The van der Waals surface area contributed by atoms with Gasteiger partial charge in [-0.25, -0.2) is 0 Å². The molecule has 1 aliphatic rings. The van der Waals surface area contributed by atoms with Gasteiger partial charge in [0.1, 0.15) is 0 Å². The minimum Gasteiger partial charge on any atom is -0.342 e. The van der Waals surface area contributed by atoms with Gasteiger partial charge in [0.05, 0.1) is 0 Å². The third-order valence-corrected chi connectivity index (χ3v) is 3.10. The van der Waals surface area contributed by atoms with Crippen LogP contribution in [0.5, 0.6) is 0 Å². The Morgan fingerprint density at radius 1 is 1.20 bits per heavy atom. The maximum Gasteiger partial charge on any atom is 0.226 e. The quantitative estimate of drug-likeness (QED) is 0.771. The number of rotatable bonds is 3. The van der Waals surface area contributed by atoms with Crippen molar-refractivity contribution in [2.45, 2.75) is 39.0 Å². The summed E-state index contributed by atoms with van der Waals surface area (Å²) in [5.41, 5.74) is 0. The number of likely N-dealkylation sites (tertiary alicyclic amines) is 1. The SMILES string of the molecule is CNCC(C)C(=O)N1CCCCCCC1. The molecule has 3 heteroatoms. The lowest BCUT2D eigenvalue weighted by molar-refractivity contribution is -0.135. The zero-order valence-electron chi connectivity index (χ0n) is 10.1. The van der Waals surface area contributed by atoms with Crippen LogP contribution in [0.25, 0.3) is 0 Å². The molecule has 1 aliphatic heterocycles. The molecule has 1 N–H and O–H groups in total. The topological polar surface area (TPSA) is 32.3 Å². The lowest BCUT2D eigenvalue weighted by Crippen LogP contribution is -2.40. The molecule has 1 saturated heterocycles. The summed E-state index contributed by atoms with van der Waals surface area (Å²) in [6, 6.07) is 0. The van der Waals surface area contributed by atoms with Gasteiger partial charge < -0.3 is 10.2 Å². The number of nitrogens with zero attached hydrogens (tertiary/aromatic N) is 1. The van der Waals surface area contributed by atoms with Gasteiger partial charge in [-0.3, -0.25) is 4.79 Å². The fraction of sp³-hybridized carbons (Fsp3) is 0.917. The van der Waals surface area contributed by atoms with Gasteiger partial charge in [-0.05, 0) is 19.9 Å². The largest absolute Gasteiger partial charge is 0.342 e. The summed E-state index contributed by atoms with van der Waals surface area (Å²) in [4.78, 5) is 14.1. The highest BCUT2D eigenvalue weighted by molar-refractivity contribution is 5.78. The van der Waals surface area contributed by atoms with Gasteiger partial charge in [-0.1, -0.05) is 26.2 Å². The van der Waals surface area contributed by atoms with Gasteiger partial charge in [0.25, 0.3) is 0 Å². The average Bonchev–Trinajstić information content (AvgIpc) is 2.16. The van der Waals surface area contributed by atoms with Crippen LogP contribution in [0.1, 0.15) is 39.0 Å². The summed E-state index contributed by atoms with van der Waals surface area (Å²) in [7, 11) is 1.90. The van der Waals surface area contributed by atoms with Crippen LogP contribution in [-0.2, 0) is 4.79 Å². The zero-order chi connectivity index (χ0) is 11.1. The highest BCUT2D eigenvalue weighted by atomic mass is 16.2.